The van der Waals surface area contributed by atoms with Crippen molar-refractivity contribution >= 4 is 10.2 Å². The summed E-state index contributed by atoms with van der Waals surface area (Å²) in [4.78, 5) is 0. The molecule has 0 aliphatic heterocycles. The van der Waals surface area contributed by atoms with E-state index in [1.54, 1.807) is 7.05 Å². The highest BCUT2D eigenvalue weighted by molar-refractivity contribution is 7.87. The van der Waals surface area contributed by atoms with Crippen LogP contribution in [0.25, 0.3) is 0 Å². The highest BCUT2D eigenvalue weighted by Crippen LogP contribution is 2.22. The maximum Gasteiger partial charge on any atom is 0.279 e. The van der Waals surface area contributed by atoms with E-state index < -0.39 is 10.2 Å². The molecule has 1 fully saturated rings. The molecule has 1 rings (SSSR count). The Morgan fingerprint density at radius 1 is 1.41 bits per heavy atom. The van der Waals surface area contributed by atoms with Crippen molar-refractivity contribution in [1.29, 1.82) is 0 Å². The summed E-state index contributed by atoms with van der Waals surface area (Å²) < 4.78 is 32.6. The van der Waals surface area contributed by atoms with Crippen molar-refractivity contribution in [2.45, 2.75) is 37.8 Å². The lowest BCUT2D eigenvalue weighted by Gasteiger charge is -2.35. The van der Waals surface area contributed by atoms with Crippen molar-refractivity contribution < 1.29 is 13.2 Å². The third kappa shape index (κ3) is 4.18. The summed E-state index contributed by atoms with van der Waals surface area (Å²) in [7, 11) is -0.317. The lowest BCUT2D eigenvalue weighted by Crippen LogP contribution is -2.53. The average Bonchev–Trinajstić information content (AvgIpc) is 2.29. The Bertz CT molecular complexity index is 321. The van der Waals surface area contributed by atoms with E-state index in [9.17, 15) is 8.42 Å². The number of nitrogens with zero attached hydrogens (tertiary/aromatic N) is 1. The van der Waals surface area contributed by atoms with Crippen LogP contribution in [0.5, 0.6) is 0 Å². The van der Waals surface area contributed by atoms with Gasteiger partial charge in [-0.15, -0.1) is 0 Å². The summed E-state index contributed by atoms with van der Waals surface area (Å²) >= 11 is 0. The molecule has 0 amide bonds. The van der Waals surface area contributed by atoms with Crippen LogP contribution in [0.15, 0.2) is 0 Å². The van der Waals surface area contributed by atoms with Crippen LogP contribution in [-0.4, -0.2) is 52.1 Å². The average molecular weight is 265 g/mol. The van der Waals surface area contributed by atoms with E-state index in [2.05, 4.69) is 4.72 Å². The molecule has 0 radical (unpaired) electrons. The van der Waals surface area contributed by atoms with Gasteiger partial charge in [0, 0.05) is 32.8 Å². The number of hydrogen-bond acceptors (Lipinski definition) is 4. The van der Waals surface area contributed by atoms with Gasteiger partial charge in [0.25, 0.3) is 10.2 Å². The fraction of sp³-hybridized carbons (Fsp3) is 1.00. The molecule has 0 aromatic rings. The Labute approximate surface area is 104 Å². The zero-order valence-corrected chi connectivity index (χ0v) is 11.4. The van der Waals surface area contributed by atoms with Gasteiger partial charge in [-0.2, -0.15) is 17.4 Å². The van der Waals surface area contributed by atoms with Crippen molar-refractivity contribution in [3.05, 3.63) is 0 Å². The Morgan fingerprint density at radius 3 is 2.65 bits per heavy atom. The van der Waals surface area contributed by atoms with E-state index in [0.29, 0.717) is 6.61 Å². The van der Waals surface area contributed by atoms with Gasteiger partial charge in [-0.3, -0.25) is 0 Å². The van der Waals surface area contributed by atoms with E-state index in [-0.39, 0.29) is 18.6 Å². The zero-order valence-electron chi connectivity index (χ0n) is 10.6. The maximum absolute atomic E-state index is 12.0. The molecule has 1 aliphatic rings. The van der Waals surface area contributed by atoms with Gasteiger partial charge < -0.3 is 10.5 Å². The molecule has 2 atom stereocenters. The van der Waals surface area contributed by atoms with Crippen molar-refractivity contribution in [2.24, 2.45) is 5.73 Å². The molecule has 2 unspecified atom stereocenters. The van der Waals surface area contributed by atoms with Crippen LogP contribution in [0.1, 0.15) is 25.7 Å². The first kappa shape index (κ1) is 14.8. The van der Waals surface area contributed by atoms with Gasteiger partial charge in [0.1, 0.15) is 0 Å². The van der Waals surface area contributed by atoms with Gasteiger partial charge in [-0.25, -0.2) is 0 Å². The molecule has 0 saturated heterocycles. The molecule has 6 nitrogen and oxygen atoms in total. The molecule has 7 heteroatoms. The molecule has 0 spiro atoms. The Hall–Kier alpha value is -0.210. The summed E-state index contributed by atoms with van der Waals surface area (Å²) in [5.41, 5.74) is 5.97. The van der Waals surface area contributed by atoms with Gasteiger partial charge in [-0.05, 0) is 12.8 Å². The lowest BCUT2D eigenvalue weighted by atomic mass is 9.91. The molecule has 17 heavy (non-hydrogen) atoms. The Balaban J connectivity index is 2.57. The quantitative estimate of drug-likeness (QED) is 0.644. The van der Waals surface area contributed by atoms with Crippen LogP contribution in [0, 0.1) is 0 Å². The van der Waals surface area contributed by atoms with Gasteiger partial charge in [0.2, 0.25) is 0 Å². The second-order valence-electron chi connectivity index (χ2n) is 4.42. The standard InChI is InChI=1S/C10H23N3O3S/c1-13(10-6-4-3-5-9(10)11)17(14,15)12-7-8-16-2/h9-10,12H,3-8,11H2,1-2H3. The largest absolute Gasteiger partial charge is 0.383 e. The summed E-state index contributed by atoms with van der Waals surface area (Å²) in [5.74, 6) is 0. The van der Waals surface area contributed by atoms with Gasteiger partial charge >= 0.3 is 0 Å². The smallest absolute Gasteiger partial charge is 0.279 e. The molecular formula is C10H23N3O3S. The van der Waals surface area contributed by atoms with E-state index in [1.165, 1.54) is 11.4 Å². The zero-order chi connectivity index (χ0) is 12.9. The summed E-state index contributed by atoms with van der Waals surface area (Å²) in [6.07, 6.45) is 3.85. The monoisotopic (exact) mass is 265 g/mol. The van der Waals surface area contributed by atoms with Crippen LogP contribution in [0.4, 0.5) is 0 Å². The SMILES string of the molecule is COCCNS(=O)(=O)N(C)C1CCCCC1N. The number of methoxy groups -OCH3 is 1. The van der Waals surface area contributed by atoms with Crippen LogP contribution in [0.2, 0.25) is 0 Å². The first-order valence-corrected chi connectivity index (χ1v) is 7.40. The molecule has 0 aromatic heterocycles. The van der Waals surface area contributed by atoms with Crippen LogP contribution in [-0.2, 0) is 14.9 Å². The van der Waals surface area contributed by atoms with E-state index in [1.807, 2.05) is 0 Å². The molecular weight excluding hydrogens is 242 g/mol. The lowest BCUT2D eigenvalue weighted by molar-refractivity contribution is 0.202. The normalized spacial score (nSPS) is 26.4. The first-order valence-electron chi connectivity index (χ1n) is 5.96. The second-order valence-corrected chi connectivity index (χ2v) is 6.24. The number of ether oxygens (including phenoxy) is 1. The van der Waals surface area contributed by atoms with Crippen LogP contribution < -0.4 is 10.5 Å². The highest BCUT2D eigenvalue weighted by Gasteiger charge is 2.31. The number of likely N-dealkylation sites (N-methyl/N-ethyl adjacent to an activating group) is 1. The molecule has 3 N–H and O–H groups in total. The highest BCUT2D eigenvalue weighted by atomic mass is 32.2. The summed E-state index contributed by atoms with van der Waals surface area (Å²) in [6, 6.07) is -0.156. The molecule has 102 valence electrons. The molecule has 0 aromatic carbocycles. The third-order valence-electron chi connectivity index (χ3n) is 3.22. The Morgan fingerprint density at radius 2 is 2.06 bits per heavy atom. The van der Waals surface area contributed by atoms with Gasteiger partial charge in [0.05, 0.1) is 6.61 Å². The predicted octanol–water partition coefficient (Wildman–Crippen LogP) is -0.331. The molecule has 0 heterocycles. The first-order chi connectivity index (χ1) is 7.99. The van der Waals surface area contributed by atoms with Crippen molar-refractivity contribution in [1.82, 2.24) is 9.03 Å². The van der Waals surface area contributed by atoms with Gasteiger partial charge in [0.15, 0.2) is 0 Å². The van der Waals surface area contributed by atoms with E-state index in [4.69, 9.17) is 10.5 Å². The fourth-order valence-electron chi connectivity index (χ4n) is 2.14. The fourth-order valence-corrected chi connectivity index (χ4v) is 3.31. The van der Waals surface area contributed by atoms with Gasteiger partial charge in [-0.1, -0.05) is 12.8 Å². The molecule has 1 aliphatic carbocycles. The molecule has 0 bridgehead atoms. The van der Waals surface area contributed by atoms with Crippen molar-refractivity contribution in [2.75, 3.05) is 27.3 Å². The second kappa shape index (κ2) is 6.65. The van der Waals surface area contributed by atoms with E-state index in [0.717, 1.165) is 25.7 Å². The van der Waals surface area contributed by atoms with Crippen LogP contribution >= 0.6 is 0 Å². The summed E-state index contributed by atoms with van der Waals surface area (Å²) in [5, 5.41) is 0. The van der Waals surface area contributed by atoms with Crippen LogP contribution in [0.3, 0.4) is 0 Å². The summed E-state index contributed by atoms with van der Waals surface area (Å²) in [6.45, 7) is 0.648. The predicted molar refractivity (Wildman–Crippen MR) is 66.8 cm³/mol. The number of hydrogen-bond donors (Lipinski definition) is 2. The topological polar surface area (TPSA) is 84.7 Å². The minimum absolute atomic E-state index is 0.0623. The number of rotatable bonds is 6. The number of nitrogens with one attached hydrogen (secondary N) is 1. The minimum Gasteiger partial charge on any atom is -0.383 e. The van der Waals surface area contributed by atoms with Crippen molar-refractivity contribution in [3.8, 4) is 0 Å². The minimum atomic E-state index is -3.44. The molecule has 1 saturated carbocycles. The maximum atomic E-state index is 12.0. The number of nitrogens with two attached hydrogens (primary N) is 1. The Kier molecular flexibility index (Phi) is 5.81. The van der Waals surface area contributed by atoms with E-state index >= 15 is 0 Å². The van der Waals surface area contributed by atoms with Crippen molar-refractivity contribution in [3.63, 3.8) is 0 Å². The third-order valence-corrected chi connectivity index (χ3v) is 4.82.